The highest BCUT2D eigenvalue weighted by Gasteiger charge is 2.64. The molecule has 0 aromatic heterocycles. The van der Waals surface area contributed by atoms with Gasteiger partial charge in [0.2, 0.25) is 0 Å². The van der Waals surface area contributed by atoms with Crippen molar-refractivity contribution in [3.63, 3.8) is 0 Å². The number of epoxide rings is 2. The largest absolute Gasteiger partial charge is 0.419 e. The summed E-state index contributed by atoms with van der Waals surface area (Å²) in [4.78, 5) is 0. The molecule has 3 aliphatic rings. The zero-order valence-corrected chi connectivity index (χ0v) is 23.2. The number of ether oxygens (including phenoxy) is 4. The molecule has 3 rings (SSSR count). The van der Waals surface area contributed by atoms with Gasteiger partial charge in [-0.3, -0.25) is 0 Å². The Kier molecular flexibility index (Phi) is 10.8. The minimum Gasteiger partial charge on any atom is -0.419 e. The van der Waals surface area contributed by atoms with Gasteiger partial charge in [0, 0.05) is 32.7 Å². The predicted molar refractivity (Wildman–Crippen MR) is 127 cm³/mol. The van der Waals surface area contributed by atoms with Gasteiger partial charge in [-0.15, -0.1) is 0 Å². The summed E-state index contributed by atoms with van der Waals surface area (Å²) in [7, 11) is -6.21. The van der Waals surface area contributed by atoms with Gasteiger partial charge in [0.15, 0.2) is 7.83 Å². The lowest BCUT2D eigenvalue weighted by atomic mass is 10.3. The second-order valence-electron chi connectivity index (χ2n) is 10.7. The minimum absolute atomic E-state index is 0.0989. The standard InChI is InChI=1S/C23H40F6O5Si2/c1-18(12-22(24,25)26)36(19(2)13-23(27,28)29)11-5-8-34-35(36,9-3-6-30-14-20-16-32-20)10-4-7-31-15-21-17-33-21/h18-21H,3-17H2,1-2H3. The molecular formula is C23H40F6O5Si2. The SMILES string of the molecule is CC(CC(F)(F)F)[Si]1(C(C)CC(F)(F)F)CCCO[Si]1(CCCOCC1CO1)CCCOCC1CO1. The second-order valence-corrected chi connectivity index (χ2v) is 24.1. The van der Waals surface area contributed by atoms with E-state index >= 15 is 0 Å². The van der Waals surface area contributed by atoms with Crippen molar-refractivity contribution in [1.82, 2.24) is 0 Å². The van der Waals surface area contributed by atoms with Crippen LogP contribution in [0.2, 0.25) is 29.2 Å². The molecule has 3 aliphatic heterocycles. The molecule has 5 nitrogen and oxygen atoms in total. The van der Waals surface area contributed by atoms with E-state index in [0.717, 1.165) is 0 Å². The van der Waals surface area contributed by atoms with Gasteiger partial charge in [0.25, 0.3) is 0 Å². The van der Waals surface area contributed by atoms with E-state index in [-0.39, 0.29) is 12.2 Å². The molecule has 4 atom stereocenters. The molecule has 0 bridgehead atoms. The van der Waals surface area contributed by atoms with Crippen LogP contribution in [0.25, 0.3) is 0 Å². The molecule has 0 spiro atoms. The molecule has 0 aromatic carbocycles. The molecular weight excluding hydrogens is 526 g/mol. The summed E-state index contributed by atoms with van der Waals surface area (Å²) in [5, 5.41) is 0. The fourth-order valence-electron chi connectivity index (χ4n) is 6.34. The van der Waals surface area contributed by atoms with Crippen LogP contribution >= 0.6 is 0 Å². The lowest BCUT2D eigenvalue weighted by Crippen LogP contribution is -2.71. The molecule has 212 valence electrons. The average Bonchev–Trinajstić information content (AvgIpc) is 3.66. The second kappa shape index (κ2) is 12.8. The predicted octanol–water partition coefficient (Wildman–Crippen LogP) is 6.18. The Labute approximate surface area is 211 Å². The van der Waals surface area contributed by atoms with Crippen molar-refractivity contribution in [2.75, 3.05) is 46.2 Å². The number of rotatable bonds is 16. The molecule has 0 saturated carbocycles. The Morgan fingerprint density at radius 1 is 0.806 bits per heavy atom. The summed E-state index contributed by atoms with van der Waals surface area (Å²) in [6.07, 6.45) is -9.11. The fourth-order valence-corrected chi connectivity index (χ4v) is 29.0. The van der Waals surface area contributed by atoms with Crippen molar-refractivity contribution in [2.45, 2.75) is 99.7 Å². The Hall–Kier alpha value is -0.186. The molecule has 0 N–H and O–H groups in total. The summed E-state index contributed by atoms with van der Waals surface area (Å²) in [6.45, 7) is 6.55. The Morgan fingerprint density at radius 2 is 1.25 bits per heavy atom. The van der Waals surface area contributed by atoms with Gasteiger partial charge in [-0.25, -0.2) is 0 Å². The van der Waals surface area contributed by atoms with Gasteiger partial charge in [0.1, 0.15) is 12.2 Å². The van der Waals surface area contributed by atoms with E-state index in [1.807, 2.05) is 0 Å². The third-order valence-electron chi connectivity index (χ3n) is 7.95. The highest BCUT2D eigenvalue weighted by molar-refractivity contribution is 7.41. The van der Waals surface area contributed by atoms with Gasteiger partial charge < -0.3 is 23.4 Å². The molecule has 0 aromatic rings. The van der Waals surface area contributed by atoms with E-state index in [9.17, 15) is 26.3 Å². The maximum Gasteiger partial charge on any atom is 0.389 e. The number of hydrogen-bond donors (Lipinski definition) is 0. The number of hydrogen-bond acceptors (Lipinski definition) is 5. The number of halogens is 6. The first-order valence-electron chi connectivity index (χ1n) is 13.0. The quantitative estimate of drug-likeness (QED) is 0.0967. The van der Waals surface area contributed by atoms with Crippen molar-refractivity contribution >= 4 is 15.4 Å². The van der Waals surface area contributed by atoms with Gasteiger partial charge in [-0.05, 0) is 42.4 Å². The molecule has 36 heavy (non-hydrogen) atoms. The maximum absolute atomic E-state index is 13.7. The van der Waals surface area contributed by atoms with E-state index in [1.54, 1.807) is 13.8 Å². The lowest BCUT2D eigenvalue weighted by Gasteiger charge is -2.57. The van der Waals surface area contributed by atoms with Crippen LogP contribution < -0.4 is 0 Å². The average molecular weight is 567 g/mol. The van der Waals surface area contributed by atoms with Crippen molar-refractivity contribution in [2.24, 2.45) is 0 Å². The van der Waals surface area contributed by atoms with Crippen LogP contribution in [0.5, 0.6) is 0 Å². The van der Waals surface area contributed by atoms with E-state index in [1.165, 1.54) is 0 Å². The first-order chi connectivity index (χ1) is 16.9. The molecule has 13 heteroatoms. The van der Waals surface area contributed by atoms with Crippen LogP contribution in [-0.2, 0) is 23.4 Å². The van der Waals surface area contributed by atoms with E-state index < -0.39 is 51.7 Å². The molecule has 0 aliphatic carbocycles. The minimum atomic E-state index is -4.43. The van der Waals surface area contributed by atoms with E-state index in [0.29, 0.717) is 83.6 Å². The normalized spacial score (nSPS) is 32.3. The summed E-state index contributed by atoms with van der Waals surface area (Å²) in [6, 6.07) is 1.52. The van der Waals surface area contributed by atoms with Crippen LogP contribution in [0.15, 0.2) is 0 Å². The zero-order valence-electron chi connectivity index (χ0n) is 21.2. The Balaban J connectivity index is 1.83. The first-order valence-corrected chi connectivity index (χ1v) is 18.7. The first kappa shape index (κ1) is 30.4. The van der Waals surface area contributed by atoms with Crippen LogP contribution in [0.1, 0.15) is 46.0 Å². The molecule has 3 fully saturated rings. The van der Waals surface area contributed by atoms with Crippen molar-refractivity contribution in [3.05, 3.63) is 0 Å². The summed E-state index contributed by atoms with van der Waals surface area (Å²) in [5.74, 6) is 0. The lowest BCUT2D eigenvalue weighted by molar-refractivity contribution is -0.136. The van der Waals surface area contributed by atoms with Crippen LogP contribution in [0.4, 0.5) is 26.3 Å². The zero-order chi connectivity index (χ0) is 26.5. The highest BCUT2D eigenvalue weighted by atomic mass is 29.3. The molecule has 3 saturated heterocycles. The van der Waals surface area contributed by atoms with Crippen LogP contribution in [0, 0.1) is 0 Å². The van der Waals surface area contributed by atoms with Crippen molar-refractivity contribution in [1.29, 1.82) is 0 Å². The number of alkyl halides is 6. The summed E-state index contributed by atoms with van der Waals surface area (Å²) >= 11 is 0. The third-order valence-corrected chi connectivity index (χ3v) is 28.6. The van der Waals surface area contributed by atoms with Gasteiger partial charge in [-0.1, -0.05) is 19.9 Å². The van der Waals surface area contributed by atoms with Crippen LogP contribution in [0.3, 0.4) is 0 Å². The molecule has 4 unspecified atom stereocenters. The molecule has 3 heterocycles. The van der Waals surface area contributed by atoms with Crippen molar-refractivity contribution in [3.8, 4) is 0 Å². The fraction of sp³-hybridized carbons (Fsp3) is 1.00. The van der Waals surface area contributed by atoms with E-state index in [4.69, 9.17) is 23.4 Å². The topological polar surface area (TPSA) is 52.8 Å². The van der Waals surface area contributed by atoms with Gasteiger partial charge in [0.05, 0.1) is 34.0 Å². The Morgan fingerprint density at radius 3 is 1.64 bits per heavy atom. The van der Waals surface area contributed by atoms with Gasteiger partial charge in [-0.2, -0.15) is 26.3 Å². The molecule has 0 amide bonds. The Bertz CT molecular complexity index is 628. The van der Waals surface area contributed by atoms with Crippen LogP contribution in [-0.4, -0.2) is 86.2 Å². The van der Waals surface area contributed by atoms with Gasteiger partial charge >= 0.3 is 12.4 Å². The third kappa shape index (κ3) is 8.94. The maximum atomic E-state index is 13.7. The summed E-state index contributed by atoms with van der Waals surface area (Å²) < 4.78 is 110. The van der Waals surface area contributed by atoms with E-state index in [2.05, 4.69) is 0 Å². The van der Waals surface area contributed by atoms with Crippen molar-refractivity contribution < 1.29 is 49.7 Å². The monoisotopic (exact) mass is 566 g/mol. The molecule has 0 radical (unpaired) electrons. The summed E-state index contributed by atoms with van der Waals surface area (Å²) in [5.41, 5.74) is -1.69. The smallest absolute Gasteiger partial charge is 0.389 e. The highest BCUT2D eigenvalue weighted by Crippen LogP contribution is 2.55.